The molecule has 0 aliphatic carbocycles. The van der Waals surface area contributed by atoms with Crippen LogP contribution < -0.4 is 19.3 Å². The van der Waals surface area contributed by atoms with E-state index in [4.69, 9.17) is 24.1 Å². The molecule has 0 N–H and O–H groups in total. The average Bonchev–Trinajstić information content (AvgIpc) is 3.96. The Kier molecular flexibility index (Phi) is 7.22. The maximum atomic E-state index is 9.40. The highest BCUT2D eigenvalue weighted by molar-refractivity contribution is 6.09. The third-order valence-corrected chi connectivity index (χ3v) is 12.1. The predicted molar refractivity (Wildman–Crippen MR) is 267 cm³/mol. The van der Waals surface area contributed by atoms with Crippen molar-refractivity contribution in [3.63, 3.8) is 0 Å². The molecule has 6 heteroatoms. The van der Waals surface area contributed by atoms with Crippen LogP contribution in [-0.2, 0) is 6.37 Å². The Balaban J connectivity index is 1.09. The van der Waals surface area contributed by atoms with Crippen LogP contribution in [0.5, 0.6) is 23.0 Å². The van der Waals surface area contributed by atoms with Gasteiger partial charge in [0, 0.05) is 58.3 Å². The molecule has 10 aromatic rings. The molecule has 0 amide bonds. The Labute approximate surface area is 391 Å². The van der Waals surface area contributed by atoms with Gasteiger partial charge < -0.3 is 19.3 Å². The van der Waals surface area contributed by atoms with Gasteiger partial charge in [-0.05, 0) is 132 Å². The van der Waals surface area contributed by atoms with Crippen LogP contribution in [0.25, 0.3) is 61.0 Å². The van der Waals surface area contributed by atoms with Gasteiger partial charge in [-0.2, -0.15) is 0 Å². The van der Waals surface area contributed by atoms with E-state index in [0.717, 1.165) is 45.0 Å². The molecular weight excluding hydrogens is 797 g/mol. The quantitative estimate of drug-likeness (QED) is 0.177. The number of para-hydroxylation sites is 3. The minimum Gasteiger partial charge on any atom is -0.457 e. The van der Waals surface area contributed by atoms with Crippen molar-refractivity contribution in [2.24, 2.45) is 5.92 Å². The van der Waals surface area contributed by atoms with Crippen molar-refractivity contribution in [2.75, 3.05) is 16.5 Å². The molecule has 0 fully saturated rings. The topological polar surface area (TPSA) is 42.8 Å². The number of fused-ring (bicyclic) bond motifs is 6. The molecule has 6 nitrogen and oxygen atoms in total. The van der Waals surface area contributed by atoms with Crippen LogP contribution in [0.1, 0.15) is 37.3 Å². The van der Waals surface area contributed by atoms with Gasteiger partial charge in [-0.1, -0.05) is 105 Å². The molecule has 7 heterocycles. The van der Waals surface area contributed by atoms with Crippen LogP contribution in [0, 0.1) is 12.8 Å². The SMILES string of the molecule is [2H]c1c([2H])c([2H])c2c(c1[2H])c1ccc3cc1n2-c1cc(C([2H])([2H])[2H])c(cn1)-c1ccc(cc1)Oc1ccc(cc1)-c1cc(C([2H])([2H])C(C)C)cc(-c2ccccc2)c1N1CN(c2cccc(c2)O3)c2ccccc21. The molecular formula is C59H46N4O2. The number of hydrogen-bond donors (Lipinski definition) is 0. The summed E-state index contributed by atoms with van der Waals surface area (Å²) >= 11 is 0. The summed E-state index contributed by atoms with van der Waals surface area (Å²) in [6.07, 6.45) is -0.183. The summed E-state index contributed by atoms with van der Waals surface area (Å²) in [7, 11) is 0. The van der Waals surface area contributed by atoms with Gasteiger partial charge in [0.15, 0.2) is 0 Å². The Morgan fingerprint density at radius 2 is 1.25 bits per heavy atom. The van der Waals surface area contributed by atoms with Crippen molar-refractivity contribution in [3.8, 4) is 62.2 Å². The lowest BCUT2D eigenvalue weighted by molar-refractivity contribution is 0.482. The third kappa shape index (κ3) is 6.86. The summed E-state index contributed by atoms with van der Waals surface area (Å²) in [6.45, 7) is 1.57. The number of hydrogen-bond acceptors (Lipinski definition) is 5. The number of rotatable bonds is 3. The lowest BCUT2D eigenvalue weighted by atomic mass is 9.90. The highest BCUT2D eigenvalue weighted by atomic mass is 16.5. The summed E-state index contributed by atoms with van der Waals surface area (Å²) in [6, 6.07) is 50.3. The largest absolute Gasteiger partial charge is 0.457 e. The average molecular weight is 852 g/mol. The third-order valence-electron chi connectivity index (χ3n) is 12.1. The zero-order valence-corrected chi connectivity index (χ0v) is 35.6. The molecule has 5 aliphatic heterocycles. The fourth-order valence-electron chi connectivity index (χ4n) is 9.21. The zero-order valence-electron chi connectivity index (χ0n) is 44.6. The van der Waals surface area contributed by atoms with Gasteiger partial charge in [0.05, 0.1) is 33.6 Å². The van der Waals surface area contributed by atoms with E-state index < -0.39 is 25.3 Å². The van der Waals surface area contributed by atoms with Crippen LogP contribution in [-0.4, -0.2) is 16.2 Å². The lowest BCUT2D eigenvalue weighted by Crippen LogP contribution is -2.25. The first kappa shape index (κ1) is 30.1. The fraction of sp³-hybridized carbons (Fsp3) is 0.102. The molecule has 0 atom stereocenters. The number of nitrogens with zero attached hydrogens (tertiary/aromatic N) is 4. The Morgan fingerprint density at radius 1 is 0.600 bits per heavy atom. The highest BCUT2D eigenvalue weighted by Gasteiger charge is 2.32. The van der Waals surface area contributed by atoms with Gasteiger partial charge >= 0.3 is 0 Å². The predicted octanol–water partition coefficient (Wildman–Crippen LogP) is 15.8. The highest BCUT2D eigenvalue weighted by Crippen LogP contribution is 2.51. The maximum Gasteiger partial charge on any atom is 0.137 e. The fourth-order valence-corrected chi connectivity index (χ4v) is 9.21. The summed E-state index contributed by atoms with van der Waals surface area (Å²) in [5.41, 5.74) is 9.22. The summed E-state index contributed by atoms with van der Waals surface area (Å²) in [5, 5.41) is 0.767. The summed E-state index contributed by atoms with van der Waals surface area (Å²) in [5.74, 6) is 1.81. The normalized spacial score (nSPS) is 15.3. The van der Waals surface area contributed by atoms with Gasteiger partial charge in [0.25, 0.3) is 0 Å². The minimum atomic E-state index is -2.62. The molecule has 65 heavy (non-hydrogen) atoms. The van der Waals surface area contributed by atoms with Crippen LogP contribution in [0.15, 0.2) is 194 Å². The van der Waals surface area contributed by atoms with Crippen molar-refractivity contribution in [1.82, 2.24) is 9.55 Å². The van der Waals surface area contributed by atoms with E-state index in [1.54, 1.807) is 47.0 Å². The van der Waals surface area contributed by atoms with Crippen molar-refractivity contribution in [2.45, 2.75) is 27.1 Å². The van der Waals surface area contributed by atoms with Gasteiger partial charge in [-0.15, -0.1) is 0 Å². The minimum absolute atomic E-state index is 0.00404. The van der Waals surface area contributed by atoms with Gasteiger partial charge in [-0.25, -0.2) is 4.98 Å². The number of aryl methyl sites for hydroxylation is 1. The lowest BCUT2D eigenvalue weighted by Gasteiger charge is -2.28. The molecule has 2 aromatic heterocycles. The summed E-state index contributed by atoms with van der Waals surface area (Å²) < 4.78 is 95.2. The summed E-state index contributed by atoms with van der Waals surface area (Å²) in [4.78, 5) is 9.33. The van der Waals surface area contributed by atoms with Crippen molar-refractivity contribution in [3.05, 3.63) is 205 Å². The van der Waals surface area contributed by atoms with E-state index in [-0.39, 0.29) is 40.3 Å². The van der Waals surface area contributed by atoms with E-state index in [1.165, 1.54) is 12.3 Å². The molecule has 0 saturated heterocycles. The van der Waals surface area contributed by atoms with Crippen molar-refractivity contribution >= 4 is 44.6 Å². The Hall–Kier alpha value is -8.09. The molecule has 314 valence electrons. The van der Waals surface area contributed by atoms with Gasteiger partial charge in [-0.3, -0.25) is 4.57 Å². The first-order valence-corrected chi connectivity index (χ1v) is 21.7. The van der Waals surface area contributed by atoms with Gasteiger partial charge in [0.2, 0.25) is 0 Å². The second-order valence-electron chi connectivity index (χ2n) is 16.6. The van der Waals surface area contributed by atoms with Crippen LogP contribution in [0.3, 0.4) is 0 Å². The number of anilines is 4. The first-order valence-electron chi connectivity index (χ1n) is 26.2. The van der Waals surface area contributed by atoms with Crippen molar-refractivity contribution in [1.29, 1.82) is 0 Å². The first-order chi connectivity index (χ1) is 35.5. The van der Waals surface area contributed by atoms with Crippen LogP contribution >= 0.6 is 0 Å². The molecule has 5 aliphatic rings. The standard InChI is InChI=1S/C59H46N4O2/c1-38(2)30-40-32-51(41-12-5-4-6-13-41)59-52(33-40)42-20-24-45(25-21-42)64-46-26-22-43(23-27-46)53-36-60-58(31-39(53)3)63-54-17-8-7-16-49(54)50-29-28-48(35-57(50)63)65-47-15-11-14-44(34-47)61-37-62(59)56-19-10-9-18-55(56)61/h4-29,31-36,38H,30,37H2,1-3H3/i3D3,7D,8D,16D,17D,30D2. The van der Waals surface area contributed by atoms with E-state index >= 15 is 0 Å². The number of benzene rings is 8. The molecule has 15 rings (SSSR count). The molecule has 0 saturated carbocycles. The second kappa shape index (κ2) is 15.6. The van der Waals surface area contributed by atoms with E-state index in [0.29, 0.717) is 57.3 Å². The number of pyridine rings is 1. The van der Waals surface area contributed by atoms with Crippen LogP contribution in [0.4, 0.5) is 22.7 Å². The van der Waals surface area contributed by atoms with E-state index in [2.05, 4.69) is 34.1 Å². The Morgan fingerprint density at radius 3 is 1.98 bits per heavy atom. The van der Waals surface area contributed by atoms with E-state index in [1.807, 2.05) is 105 Å². The molecule has 0 radical (unpaired) electrons. The number of ether oxygens (including phenoxy) is 2. The van der Waals surface area contributed by atoms with Gasteiger partial charge in [0.1, 0.15) is 35.5 Å². The molecule has 0 unspecified atom stereocenters. The maximum absolute atomic E-state index is 9.40. The molecule has 0 spiro atoms. The van der Waals surface area contributed by atoms with E-state index in [9.17, 15) is 2.74 Å². The van der Waals surface area contributed by atoms with Crippen LogP contribution in [0.2, 0.25) is 0 Å². The second-order valence-corrected chi connectivity index (χ2v) is 16.6. The number of aromatic nitrogens is 2. The smallest absolute Gasteiger partial charge is 0.137 e. The molecule has 12 bridgehead atoms. The Bertz CT molecular complexity index is 3880. The molecule has 8 aromatic carbocycles. The zero-order chi connectivity index (χ0) is 51.4. The van der Waals surface area contributed by atoms with Crippen molar-refractivity contribution < 1.29 is 21.8 Å². The monoisotopic (exact) mass is 851 g/mol.